The van der Waals surface area contributed by atoms with E-state index in [-0.39, 0.29) is 27.2 Å². The van der Waals surface area contributed by atoms with Gasteiger partial charge in [0.05, 0.1) is 28.8 Å². The lowest BCUT2D eigenvalue weighted by Gasteiger charge is -2.16. The van der Waals surface area contributed by atoms with E-state index >= 15 is 0 Å². The van der Waals surface area contributed by atoms with Crippen molar-refractivity contribution in [3.63, 3.8) is 0 Å². The van der Waals surface area contributed by atoms with Gasteiger partial charge in [0.25, 0.3) is 5.91 Å². The monoisotopic (exact) mass is 462 g/mol. The Morgan fingerprint density at radius 2 is 1.84 bits per heavy atom. The van der Waals surface area contributed by atoms with Gasteiger partial charge < -0.3 is 14.8 Å². The third-order valence-corrected chi connectivity index (χ3v) is 4.86. The second-order valence-corrected chi connectivity index (χ2v) is 7.31. The Labute approximate surface area is 187 Å². The minimum atomic E-state index is -0.772. The van der Waals surface area contributed by atoms with Crippen LogP contribution < -0.4 is 10.1 Å². The van der Waals surface area contributed by atoms with E-state index in [0.29, 0.717) is 5.56 Å². The van der Waals surface area contributed by atoms with Gasteiger partial charge in [-0.3, -0.25) is 4.79 Å². The molecule has 0 spiro atoms. The largest absolute Gasteiger partial charge is 0.465 e. The number of carbonyl (C=O) groups is 2. The Morgan fingerprint density at radius 1 is 1.13 bits per heavy atom. The summed E-state index contributed by atoms with van der Waals surface area (Å²) in [5.41, 5.74) is 1.16. The minimum Gasteiger partial charge on any atom is -0.465 e. The van der Waals surface area contributed by atoms with Gasteiger partial charge in [-0.15, -0.1) is 0 Å². The summed E-state index contributed by atoms with van der Waals surface area (Å²) < 4.78 is 24.4. The van der Waals surface area contributed by atoms with Crippen molar-refractivity contribution in [1.82, 2.24) is 10.3 Å². The van der Waals surface area contributed by atoms with Gasteiger partial charge in [-0.05, 0) is 42.8 Å². The Morgan fingerprint density at radius 3 is 2.52 bits per heavy atom. The predicted molar refractivity (Wildman–Crippen MR) is 114 cm³/mol. The first-order valence-corrected chi connectivity index (χ1v) is 9.82. The smallest absolute Gasteiger partial charge is 0.337 e. The highest BCUT2D eigenvalue weighted by atomic mass is 35.5. The van der Waals surface area contributed by atoms with Crippen LogP contribution in [0.2, 0.25) is 10.0 Å². The average Bonchev–Trinajstić information content (AvgIpc) is 2.77. The van der Waals surface area contributed by atoms with Gasteiger partial charge in [-0.1, -0.05) is 41.4 Å². The number of aromatic nitrogens is 1. The van der Waals surface area contributed by atoms with E-state index in [9.17, 15) is 14.0 Å². The SMILES string of the molecule is COC(=O)c1ccc([C@H](C)NC(=O)c2cc(Cl)cnc2Oc2cccc(Cl)c2F)cc1. The number of rotatable bonds is 6. The molecule has 1 heterocycles. The van der Waals surface area contributed by atoms with Gasteiger partial charge in [-0.25, -0.2) is 14.2 Å². The number of halogens is 3. The number of carbonyl (C=O) groups excluding carboxylic acids is 2. The number of hydrogen-bond acceptors (Lipinski definition) is 5. The summed E-state index contributed by atoms with van der Waals surface area (Å²) in [6, 6.07) is 11.8. The van der Waals surface area contributed by atoms with Gasteiger partial charge in [-0.2, -0.15) is 0 Å². The summed E-state index contributed by atoms with van der Waals surface area (Å²) in [6.45, 7) is 1.76. The molecule has 31 heavy (non-hydrogen) atoms. The van der Waals surface area contributed by atoms with Gasteiger partial charge in [0.2, 0.25) is 5.88 Å². The molecule has 3 rings (SSSR count). The maximum atomic E-state index is 14.2. The van der Waals surface area contributed by atoms with Crippen LogP contribution in [0.5, 0.6) is 11.6 Å². The highest BCUT2D eigenvalue weighted by Gasteiger charge is 2.20. The minimum absolute atomic E-state index is 0.0184. The molecule has 0 bridgehead atoms. The third-order valence-electron chi connectivity index (χ3n) is 4.36. The number of pyridine rings is 1. The summed E-state index contributed by atoms with van der Waals surface area (Å²) in [4.78, 5) is 28.5. The summed E-state index contributed by atoms with van der Waals surface area (Å²) in [5.74, 6) is -2.06. The first-order valence-electron chi connectivity index (χ1n) is 9.06. The molecule has 0 aliphatic carbocycles. The van der Waals surface area contributed by atoms with Crippen LogP contribution >= 0.6 is 23.2 Å². The average molecular weight is 463 g/mol. The van der Waals surface area contributed by atoms with Crippen molar-refractivity contribution in [3.05, 3.63) is 87.3 Å². The maximum Gasteiger partial charge on any atom is 0.337 e. The van der Waals surface area contributed by atoms with E-state index in [1.807, 2.05) is 0 Å². The molecule has 6 nitrogen and oxygen atoms in total. The number of methoxy groups -OCH3 is 1. The molecule has 2 aromatic carbocycles. The quantitative estimate of drug-likeness (QED) is 0.482. The molecule has 0 fully saturated rings. The lowest BCUT2D eigenvalue weighted by molar-refractivity contribution is 0.0600. The summed E-state index contributed by atoms with van der Waals surface area (Å²) in [5, 5.41) is 2.88. The molecule has 0 unspecified atom stereocenters. The zero-order chi connectivity index (χ0) is 22.5. The van der Waals surface area contributed by atoms with Gasteiger partial charge in [0.15, 0.2) is 11.6 Å². The van der Waals surface area contributed by atoms with E-state index < -0.39 is 23.7 Å². The molecule has 0 saturated heterocycles. The number of hydrogen-bond donors (Lipinski definition) is 1. The highest BCUT2D eigenvalue weighted by Crippen LogP contribution is 2.30. The standard InChI is InChI=1S/C22H17Cl2FN2O4/c1-12(13-6-8-14(9-7-13)22(29)30-2)27-20(28)16-10-15(23)11-26-21(16)31-18-5-3-4-17(24)19(18)25/h3-12H,1-2H3,(H,27,28)/t12-/m0/s1. The number of esters is 1. The van der Waals surface area contributed by atoms with Gasteiger partial charge in [0, 0.05) is 6.20 Å². The molecule has 0 aliphatic heterocycles. The highest BCUT2D eigenvalue weighted by molar-refractivity contribution is 6.31. The summed E-state index contributed by atoms with van der Waals surface area (Å²) >= 11 is 11.8. The third kappa shape index (κ3) is 5.31. The summed E-state index contributed by atoms with van der Waals surface area (Å²) in [6.07, 6.45) is 1.28. The topological polar surface area (TPSA) is 77.5 Å². The fraction of sp³-hybridized carbons (Fsp3) is 0.136. The van der Waals surface area contributed by atoms with Crippen LogP contribution in [0.15, 0.2) is 54.7 Å². The van der Waals surface area contributed by atoms with Crippen LogP contribution in [0.1, 0.15) is 39.2 Å². The molecule has 0 aliphatic rings. The van der Waals surface area contributed by atoms with E-state index in [1.165, 1.54) is 37.6 Å². The van der Waals surface area contributed by atoms with Crippen LogP contribution in [-0.4, -0.2) is 24.0 Å². The van der Waals surface area contributed by atoms with Crippen molar-refractivity contribution in [2.75, 3.05) is 7.11 Å². The van der Waals surface area contributed by atoms with Crippen molar-refractivity contribution < 1.29 is 23.5 Å². The van der Waals surface area contributed by atoms with Crippen molar-refractivity contribution in [2.24, 2.45) is 0 Å². The molecule has 1 atom stereocenters. The predicted octanol–water partition coefficient (Wildman–Crippen LogP) is 5.60. The zero-order valence-corrected chi connectivity index (χ0v) is 18.0. The molecule has 0 saturated carbocycles. The number of benzene rings is 2. The lowest BCUT2D eigenvalue weighted by Crippen LogP contribution is -2.27. The Balaban J connectivity index is 1.82. The van der Waals surface area contributed by atoms with Crippen LogP contribution in [0.25, 0.3) is 0 Å². The second kappa shape index (κ2) is 9.76. The fourth-order valence-electron chi connectivity index (χ4n) is 2.72. The van der Waals surface area contributed by atoms with Gasteiger partial charge >= 0.3 is 5.97 Å². The number of nitrogens with zero attached hydrogens (tertiary/aromatic N) is 1. The molecule has 9 heteroatoms. The zero-order valence-electron chi connectivity index (χ0n) is 16.5. The van der Waals surface area contributed by atoms with E-state index in [2.05, 4.69) is 15.0 Å². The lowest BCUT2D eigenvalue weighted by atomic mass is 10.1. The molecular weight excluding hydrogens is 446 g/mol. The Kier molecular flexibility index (Phi) is 7.09. The molecule has 160 valence electrons. The van der Waals surface area contributed by atoms with Crippen molar-refractivity contribution in [2.45, 2.75) is 13.0 Å². The molecule has 0 radical (unpaired) electrons. The summed E-state index contributed by atoms with van der Waals surface area (Å²) in [7, 11) is 1.30. The van der Waals surface area contributed by atoms with Crippen LogP contribution in [0.4, 0.5) is 4.39 Å². The first-order chi connectivity index (χ1) is 14.8. The number of amides is 1. The Hall–Kier alpha value is -3.16. The Bertz CT molecular complexity index is 1120. The number of nitrogens with one attached hydrogen (secondary N) is 1. The molecular formula is C22H17Cl2FN2O4. The second-order valence-electron chi connectivity index (χ2n) is 6.47. The van der Waals surface area contributed by atoms with E-state index in [1.54, 1.807) is 31.2 Å². The fourth-order valence-corrected chi connectivity index (χ4v) is 3.04. The number of ether oxygens (including phenoxy) is 2. The molecule has 1 N–H and O–H groups in total. The molecule has 1 aromatic heterocycles. The van der Waals surface area contributed by atoms with Crippen molar-refractivity contribution >= 4 is 35.1 Å². The van der Waals surface area contributed by atoms with E-state index in [0.717, 1.165) is 5.56 Å². The van der Waals surface area contributed by atoms with Crippen molar-refractivity contribution in [1.29, 1.82) is 0 Å². The maximum absolute atomic E-state index is 14.2. The van der Waals surface area contributed by atoms with E-state index in [4.69, 9.17) is 27.9 Å². The van der Waals surface area contributed by atoms with Crippen molar-refractivity contribution in [3.8, 4) is 11.6 Å². The van der Waals surface area contributed by atoms with Crippen LogP contribution in [-0.2, 0) is 4.74 Å². The van der Waals surface area contributed by atoms with Crippen LogP contribution in [0.3, 0.4) is 0 Å². The van der Waals surface area contributed by atoms with Gasteiger partial charge in [0.1, 0.15) is 5.56 Å². The normalized spacial score (nSPS) is 11.5. The molecule has 1 amide bonds. The van der Waals surface area contributed by atoms with Crippen LogP contribution in [0, 0.1) is 5.82 Å². The molecule has 3 aromatic rings. The first kappa shape index (κ1) is 22.5.